The van der Waals surface area contributed by atoms with Crippen LogP contribution in [0.4, 0.5) is 0 Å². The van der Waals surface area contributed by atoms with Crippen LogP contribution >= 0.6 is 0 Å². The maximum absolute atomic E-state index is 11.7. The Kier molecular flexibility index (Phi) is 2.43. The van der Waals surface area contributed by atoms with Crippen molar-refractivity contribution in [2.75, 3.05) is 0 Å². The Morgan fingerprint density at radius 3 is 2.41 bits per heavy atom. The summed E-state index contributed by atoms with van der Waals surface area (Å²) in [4.78, 5) is 11.7. The maximum Gasteiger partial charge on any atom is 0.231 e. The lowest BCUT2D eigenvalue weighted by atomic mass is 9.91. The van der Waals surface area contributed by atoms with Gasteiger partial charge in [-0.3, -0.25) is 4.79 Å². The van der Waals surface area contributed by atoms with Gasteiger partial charge < -0.3 is 14.9 Å². The van der Waals surface area contributed by atoms with E-state index in [-0.39, 0.29) is 11.7 Å². The van der Waals surface area contributed by atoms with Crippen molar-refractivity contribution in [2.24, 2.45) is 5.92 Å². The second-order valence-corrected chi connectivity index (χ2v) is 4.82. The number of aliphatic hydroxyl groups is 2. The number of fused-ring (bicyclic) bond motifs is 1. The second-order valence-electron chi connectivity index (χ2n) is 4.82. The zero-order chi connectivity index (χ0) is 13.0. The van der Waals surface area contributed by atoms with E-state index >= 15 is 0 Å². The third-order valence-electron chi connectivity index (χ3n) is 3.34. The van der Waals surface area contributed by atoms with Crippen molar-refractivity contribution in [3.63, 3.8) is 0 Å². The first-order valence-electron chi connectivity index (χ1n) is 5.58. The zero-order valence-corrected chi connectivity index (χ0v) is 10.4. The van der Waals surface area contributed by atoms with Gasteiger partial charge >= 0.3 is 0 Å². The fraction of sp³-hybridized carbons (Fsp3) is 0.462. The Bertz CT molecular complexity index is 494. The maximum atomic E-state index is 11.7. The van der Waals surface area contributed by atoms with E-state index in [1.807, 2.05) is 13.8 Å². The molecule has 0 fully saturated rings. The molecule has 0 aromatic carbocycles. The van der Waals surface area contributed by atoms with E-state index in [4.69, 9.17) is 4.74 Å². The van der Waals surface area contributed by atoms with Crippen molar-refractivity contribution < 1.29 is 19.7 Å². The van der Waals surface area contributed by atoms with Gasteiger partial charge in [-0.15, -0.1) is 0 Å². The SMILES string of the molecule is CC1=C(O)C(=O)C(C)=C2OC(O)(C(C)C)C=C12. The number of carbonyl (C=O) groups excluding carboxylic acids is 1. The van der Waals surface area contributed by atoms with Gasteiger partial charge in [-0.2, -0.15) is 0 Å². The molecule has 0 saturated heterocycles. The molecule has 2 N–H and O–H groups in total. The molecule has 1 atom stereocenters. The highest BCUT2D eigenvalue weighted by atomic mass is 16.6. The molecule has 17 heavy (non-hydrogen) atoms. The average Bonchev–Trinajstić information content (AvgIpc) is 2.63. The van der Waals surface area contributed by atoms with Crippen molar-refractivity contribution in [1.29, 1.82) is 0 Å². The standard InChI is InChI=1S/C13H16O4/c1-6(2)13(16)5-9-7(3)10(14)11(15)8(4)12(9)17-13/h5-6,14,16H,1-4H3. The van der Waals surface area contributed by atoms with E-state index in [0.717, 1.165) is 0 Å². The van der Waals surface area contributed by atoms with Crippen LogP contribution < -0.4 is 0 Å². The largest absolute Gasteiger partial charge is 0.504 e. The summed E-state index contributed by atoms with van der Waals surface area (Å²) >= 11 is 0. The number of aliphatic hydroxyl groups excluding tert-OH is 1. The summed E-state index contributed by atoms with van der Waals surface area (Å²) in [5, 5.41) is 19.9. The molecule has 0 spiro atoms. The normalized spacial score (nSPS) is 28.6. The molecule has 0 amide bonds. The van der Waals surface area contributed by atoms with Crippen LogP contribution in [0.15, 0.2) is 34.3 Å². The Morgan fingerprint density at radius 1 is 1.29 bits per heavy atom. The molecule has 4 nitrogen and oxygen atoms in total. The van der Waals surface area contributed by atoms with Crippen molar-refractivity contribution in [2.45, 2.75) is 33.5 Å². The second kappa shape index (κ2) is 3.47. The van der Waals surface area contributed by atoms with E-state index in [0.29, 0.717) is 22.5 Å². The van der Waals surface area contributed by atoms with E-state index in [9.17, 15) is 15.0 Å². The first kappa shape index (κ1) is 11.9. The minimum atomic E-state index is -1.40. The monoisotopic (exact) mass is 236 g/mol. The van der Waals surface area contributed by atoms with Gasteiger partial charge in [0.1, 0.15) is 5.76 Å². The number of rotatable bonds is 1. The van der Waals surface area contributed by atoms with Crippen molar-refractivity contribution >= 4 is 5.78 Å². The van der Waals surface area contributed by atoms with Crippen LogP contribution in [0.1, 0.15) is 27.7 Å². The molecule has 0 radical (unpaired) electrons. The van der Waals surface area contributed by atoms with Crippen LogP contribution in [0, 0.1) is 5.92 Å². The van der Waals surface area contributed by atoms with Crippen LogP contribution in [0.2, 0.25) is 0 Å². The molecule has 1 heterocycles. The number of ether oxygens (including phenoxy) is 1. The fourth-order valence-corrected chi connectivity index (χ4v) is 1.94. The number of hydrogen-bond donors (Lipinski definition) is 2. The van der Waals surface area contributed by atoms with Gasteiger partial charge in [-0.1, -0.05) is 13.8 Å². The van der Waals surface area contributed by atoms with Gasteiger partial charge in [0.15, 0.2) is 5.76 Å². The number of Topliss-reactive ketones (excluding diaryl/α,β-unsaturated/α-hetero) is 1. The van der Waals surface area contributed by atoms with E-state index in [1.54, 1.807) is 19.9 Å². The smallest absolute Gasteiger partial charge is 0.231 e. The zero-order valence-electron chi connectivity index (χ0n) is 10.4. The molecule has 0 saturated carbocycles. The molecule has 4 heteroatoms. The number of carbonyl (C=O) groups is 1. The number of allylic oxidation sites excluding steroid dienone is 2. The number of ketones is 1. The minimum Gasteiger partial charge on any atom is -0.504 e. The van der Waals surface area contributed by atoms with Crippen LogP contribution in [-0.4, -0.2) is 21.8 Å². The first-order chi connectivity index (χ1) is 7.78. The van der Waals surface area contributed by atoms with Gasteiger partial charge in [0.05, 0.1) is 0 Å². The summed E-state index contributed by atoms with van der Waals surface area (Å²) in [6.07, 6.45) is 1.56. The quantitative estimate of drug-likeness (QED) is 0.730. The molecule has 92 valence electrons. The molecule has 0 bridgehead atoms. The highest BCUT2D eigenvalue weighted by Crippen LogP contribution is 2.42. The molecule has 2 rings (SSSR count). The van der Waals surface area contributed by atoms with Crippen molar-refractivity contribution in [3.05, 3.63) is 34.3 Å². The first-order valence-corrected chi connectivity index (χ1v) is 5.58. The molecule has 1 aliphatic heterocycles. The van der Waals surface area contributed by atoms with Crippen LogP contribution in [0.25, 0.3) is 0 Å². The minimum absolute atomic E-state index is 0.147. The summed E-state index contributed by atoms with van der Waals surface area (Å²) < 4.78 is 5.49. The summed E-state index contributed by atoms with van der Waals surface area (Å²) in [5.74, 6) is -1.89. The lowest BCUT2D eigenvalue weighted by molar-refractivity contribution is -0.156. The van der Waals surface area contributed by atoms with Gasteiger partial charge in [0, 0.05) is 22.6 Å². The van der Waals surface area contributed by atoms with Crippen LogP contribution in [0.3, 0.4) is 0 Å². The molecular formula is C13H16O4. The lowest BCUT2D eigenvalue weighted by Gasteiger charge is -2.26. The summed E-state index contributed by atoms with van der Waals surface area (Å²) in [5.41, 5.74) is 1.39. The Labute approximate surface area is 99.9 Å². The third kappa shape index (κ3) is 1.52. The van der Waals surface area contributed by atoms with Gasteiger partial charge in [0.25, 0.3) is 0 Å². The van der Waals surface area contributed by atoms with Crippen LogP contribution in [0.5, 0.6) is 0 Å². The van der Waals surface area contributed by atoms with E-state index < -0.39 is 11.6 Å². The summed E-state index contributed by atoms with van der Waals surface area (Å²) in [6.45, 7) is 6.87. The molecule has 1 unspecified atom stereocenters. The summed E-state index contributed by atoms with van der Waals surface area (Å²) in [7, 11) is 0. The topological polar surface area (TPSA) is 66.8 Å². The van der Waals surface area contributed by atoms with Crippen molar-refractivity contribution in [3.8, 4) is 0 Å². The molecular weight excluding hydrogens is 220 g/mol. The molecule has 1 aliphatic carbocycles. The van der Waals surface area contributed by atoms with Gasteiger partial charge in [0.2, 0.25) is 11.6 Å². The highest BCUT2D eigenvalue weighted by Gasteiger charge is 2.43. The predicted molar refractivity (Wildman–Crippen MR) is 62.0 cm³/mol. The lowest BCUT2D eigenvalue weighted by Crippen LogP contribution is -2.32. The van der Waals surface area contributed by atoms with Gasteiger partial charge in [-0.25, -0.2) is 0 Å². The molecule has 0 aromatic heterocycles. The Balaban J connectivity index is 2.59. The number of hydrogen-bond acceptors (Lipinski definition) is 4. The molecule has 0 aromatic rings. The Hall–Kier alpha value is -1.55. The fourth-order valence-electron chi connectivity index (χ4n) is 1.94. The summed E-state index contributed by atoms with van der Waals surface area (Å²) in [6, 6.07) is 0. The predicted octanol–water partition coefficient (Wildman–Crippen LogP) is 1.98. The molecule has 2 aliphatic rings. The van der Waals surface area contributed by atoms with E-state index in [2.05, 4.69) is 0 Å². The van der Waals surface area contributed by atoms with E-state index in [1.165, 1.54) is 0 Å². The Morgan fingerprint density at radius 2 is 1.88 bits per heavy atom. The average molecular weight is 236 g/mol. The highest BCUT2D eigenvalue weighted by molar-refractivity contribution is 6.09. The van der Waals surface area contributed by atoms with Crippen LogP contribution in [-0.2, 0) is 9.53 Å². The third-order valence-corrected chi connectivity index (χ3v) is 3.34. The van der Waals surface area contributed by atoms with Gasteiger partial charge in [-0.05, 0) is 19.9 Å². The van der Waals surface area contributed by atoms with Crippen molar-refractivity contribution in [1.82, 2.24) is 0 Å².